The van der Waals surface area contributed by atoms with Gasteiger partial charge in [-0.1, -0.05) is 17.7 Å². The van der Waals surface area contributed by atoms with Crippen molar-refractivity contribution in [2.24, 2.45) is 0 Å². The molecule has 0 aliphatic heterocycles. The van der Waals surface area contributed by atoms with Gasteiger partial charge in [0.1, 0.15) is 5.82 Å². The molecule has 0 bridgehead atoms. The van der Waals surface area contributed by atoms with E-state index < -0.39 is 0 Å². The van der Waals surface area contributed by atoms with E-state index >= 15 is 0 Å². The van der Waals surface area contributed by atoms with E-state index in [9.17, 15) is 4.39 Å². The molecule has 4 heteroatoms. The van der Waals surface area contributed by atoms with Gasteiger partial charge in [0.2, 0.25) is 0 Å². The lowest BCUT2D eigenvalue weighted by Gasteiger charge is -2.13. The van der Waals surface area contributed by atoms with Crippen molar-refractivity contribution >= 4 is 39.7 Å². The SMILES string of the molecule is Cc1ccc(Nc2cc(F)c(I)cc2N)c(C)c1. The Morgan fingerprint density at radius 1 is 1.11 bits per heavy atom. The quantitative estimate of drug-likeness (QED) is 0.619. The smallest absolute Gasteiger partial charge is 0.138 e. The Bertz CT molecular complexity index is 597. The van der Waals surface area contributed by atoms with Gasteiger partial charge in [-0.15, -0.1) is 0 Å². The molecule has 0 aliphatic rings. The molecule has 0 atom stereocenters. The van der Waals surface area contributed by atoms with E-state index in [1.807, 2.05) is 48.6 Å². The average Bonchev–Trinajstić information content (AvgIpc) is 2.29. The molecule has 0 radical (unpaired) electrons. The zero-order valence-corrected chi connectivity index (χ0v) is 12.4. The van der Waals surface area contributed by atoms with E-state index in [2.05, 4.69) is 11.4 Å². The van der Waals surface area contributed by atoms with Crippen molar-refractivity contribution in [1.29, 1.82) is 0 Å². The number of aryl methyl sites for hydroxylation is 2. The van der Waals surface area contributed by atoms with Crippen LogP contribution >= 0.6 is 22.6 Å². The molecule has 0 saturated carbocycles. The zero-order valence-electron chi connectivity index (χ0n) is 10.2. The number of hydrogen-bond donors (Lipinski definition) is 2. The van der Waals surface area contributed by atoms with Crippen LogP contribution < -0.4 is 11.1 Å². The Morgan fingerprint density at radius 3 is 2.50 bits per heavy atom. The lowest BCUT2D eigenvalue weighted by atomic mass is 10.1. The Balaban J connectivity index is 2.37. The molecule has 3 N–H and O–H groups in total. The Kier molecular flexibility index (Phi) is 3.75. The first kappa shape index (κ1) is 13.1. The van der Waals surface area contributed by atoms with E-state index in [4.69, 9.17) is 5.73 Å². The molecule has 2 nitrogen and oxygen atoms in total. The van der Waals surface area contributed by atoms with Crippen molar-refractivity contribution in [3.05, 3.63) is 50.8 Å². The molecule has 0 saturated heterocycles. The minimum atomic E-state index is -0.267. The van der Waals surface area contributed by atoms with Crippen LogP contribution in [0, 0.1) is 23.2 Å². The molecule has 0 heterocycles. The van der Waals surface area contributed by atoms with Crippen molar-refractivity contribution in [3.63, 3.8) is 0 Å². The number of hydrogen-bond acceptors (Lipinski definition) is 2. The maximum Gasteiger partial charge on any atom is 0.138 e. The largest absolute Gasteiger partial charge is 0.397 e. The summed E-state index contributed by atoms with van der Waals surface area (Å²) in [7, 11) is 0. The summed E-state index contributed by atoms with van der Waals surface area (Å²) < 4.78 is 14.0. The first-order valence-electron chi connectivity index (χ1n) is 5.56. The predicted octanol–water partition coefficient (Wildman–Crippen LogP) is 4.37. The molecule has 0 aliphatic carbocycles. The molecule has 0 spiro atoms. The van der Waals surface area contributed by atoms with Crippen molar-refractivity contribution in [2.45, 2.75) is 13.8 Å². The minimum absolute atomic E-state index is 0.267. The number of rotatable bonds is 2. The topological polar surface area (TPSA) is 38.0 Å². The van der Waals surface area contributed by atoms with Gasteiger partial charge in [-0.2, -0.15) is 0 Å². The van der Waals surface area contributed by atoms with Crippen LogP contribution in [0.3, 0.4) is 0 Å². The molecule has 0 amide bonds. The molecule has 94 valence electrons. The van der Waals surface area contributed by atoms with Gasteiger partial charge in [0.05, 0.1) is 14.9 Å². The van der Waals surface area contributed by atoms with Crippen LogP contribution in [0.4, 0.5) is 21.5 Å². The number of benzene rings is 2. The van der Waals surface area contributed by atoms with Crippen LogP contribution in [0.1, 0.15) is 11.1 Å². The maximum atomic E-state index is 13.5. The van der Waals surface area contributed by atoms with Gasteiger partial charge in [0.15, 0.2) is 0 Å². The fourth-order valence-electron chi connectivity index (χ4n) is 1.77. The molecule has 0 unspecified atom stereocenters. The highest BCUT2D eigenvalue weighted by atomic mass is 127. The van der Waals surface area contributed by atoms with Gasteiger partial charge < -0.3 is 11.1 Å². The van der Waals surface area contributed by atoms with Crippen LogP contribution in [-0.2, 0) is 0 Å². The van der Waals surface area contributed by atoms with E-state index in [1.54, 1.807) is 6.07 Å². The summed E-state index contributed by atoms with van der Waals surface area (Å²) in [6.45, 7) is 4.05. The van der Waals surface area contributed by atoms with Gasteiger partial charge in [-0.05, 0) is 54.1 Å². The van der Waals surface area contributed by atoms with E-state index in [0.29, 0.717) is 14.9 Å². The van der Waals surface area contributed by atoms with Crippen LogP contribution in [0.15, 0.2) is 30.3 Å². The van der Waals surface area contributed by atoms with Crippen LogP contribution in [0.25, 0.3) is 0 Å². The Labute approximate surface area is 120 Å². The number of nitrogen functional groups attached to an aromatic ring is 1. The van der Waals surface area contributed by atoms with E-state index in [-0.39, 0.29) is 5.82 Å². The zero-order chi connectivity index (χ0) is 13.3. The third kappa shape index (κ3) is 2.75. The Morgan fingerprint density at radius 2 is 1.83 bits per heavy atom. The highest BCUT2D eigenvalue weighted by Gasteiger charge is 2.07. The van der Waals surface area contributed by atoms with Gasteiger partial charge in [0.25, 0.3) is 0 Å². The van der Waals surface area contributed by atoms with Crippen LogP contribution in [0.2, 0.25) is 0 Å². The van der Waals surface area contributed by atoms with Crippen LogP contribution in [-0.4, -0.2) is 0 Å². The first-order valence-corrected chi connectivity index (χ1v) is 6.64. The molecule has 18 heavy (non-hydrogen) atoms. The van der Waals surface area contributed by atoms with E-state index in [1.165, 1.54) is 11.6 Å². The summed E-state index contributed by atoms with van der Waals surface area (Å²) >= 11 is 1.93. The third-order valence-electron chi connectivity index (χ3n) is 2.74. The minimum Gasteiger partial charge on any atom is -0.397 e. The molecule has 2 aromatic rings. The van der Waals surface area contributed by atoms with Crippen molar-refractivity contribution < 1.29 is 4.39 Å². The second kappa shape index (κ2) is 5.14. The fraction of sp³-hybridized carbons (Fsp3) is 0.143. The summed E-state index contributed by atoms with van der Waals surface area (Å²) in [4.78, 5) is 0. The number of halogens is 2. The highest BCUT2D eigenvalue weighted by Crippen LogP contribution is 2.28. The summed E-state index contributed by atoms with van der Waals surface area (Å²) in [5.74, 6) is -0.267. The lowest BCUT2D eigenvalue weighted by Crippen LogP contribution is -2.00. The van der Waals surface area contributed by atoms with Gasteiger partial charge in [-0.3, -0.25) is 0 Å². The number of nitrogens with two attached hydrogens (primary N) is 1. The number of nitrogens with one attached hydrogen (secondary N) is 1. The summed E-state index contributed by atoms with van der Waals surface area (Å²) in [6.07, 6.45) is 0. The summed E-state index contributed by atoms with van der Waals surface area (Å²) in [6, 6.07) is 9.11. The third-order valence-corrected chi connectivity index (χ3v) is 3.57. The molecular weight excluding hydrogens is 342 g/mol. The Hall–Kier alpha value is -1.30. The van der Waals surface area contributed by atoms with Crippen molar-refractivity contribution in [3.8, 4) is 0 Å². The van der Waals surface area contributed by atoms with Gasteiger partial charge >= 0.3 is 0 Å². The maximum absolute atomic E-state index is 13.5. The molecular formula is C14H14FIN2. The van der Waals surface area contributed by atoms with Crippen LogP contribution in [0.5, 0.6) is 0 Å². The first-order chi connectivity index (χ1) is 8.47. The average molecular weight is 356 g/mol. The summed E-state index contributed by atoms with van der Waals surface area (Å²) in [5.41, 5.74) is 10.3. The molecule has 2 rings (SSSR count). The summed E-state index contributed by atoms with van der Waals surface area (Å²) in [5, 5.41) is 3.17. The predicted molar refractivity (Wildman–Crippen MR) is 82.7 cm³/mol. The molecule has 0 aromatic heterocycles. The monoisotopic (exact) mass is 356 g/mol. The second-order valence-corrected chi connectivity index (χ2v) is 5.46. The normalized spacial score (nSPS) is 10.4. The molecule has 2 aromatic carbocycles. The van der Waals surface area contributed by atoms with Gasteiger partial charge in [0, 0.05) is 11.8 Å². The highest BCUT2D eigenvalue weighted by molar-refractivity contribution is 14.1. The standard InChI is InChI=1S/C14H14FIN2/c1-8-3-4-13(9(2)5-8)18-14-6-10(15)11(16)7-12(14)17/h3-7,18H,17H2,1-2H3. The van der Waals surface area contributed by atoms with Crippen molar-refractivity contribution in [2.75, 3.05) is 11.1 Å². The van der Waals surface area contributed by atoms with Gasteiger partial charge in [-0.25, -0.2) is 4.39 Å². The van der Waals surface area contributed by atoms with Crippen molar-refractivity contribution in [1.82, 2.24) is 0 Å². The lowest BCUT2D eigenvalue weighted by molar-refractivity contribution is 0.621. The van der Waals surface area contributed by atoms with E-state index in [0.717, 1.165) is 11.3 Å². The second-order valence-electron chi connectivity index (χ2n) is 4.30. The molecule has 0 fully saturated rings. The number of anilines is 3. The fourth-order valence-corrected chi connectivity index (χ4v) is 2.26.